The molecule has 0 radical (unpaired) electrons. The monoisotopic (exact) mass is 348 g/mol. The lowest BCUT2D eigenvalue weighted by molar-refractivity contribution is -0.116. The lowest BCUT2D eigenvalue weighted by Crippen LogP contribution is -2.32. The van der Waals surface area contributed by atoms with Gasteiger partial charge in [-0.3, -0.25) is 9.69 Å². The molecule has 0 aliphatic rings. The van der Waals surface area contributed by atoms with Crippen molar-refractivity contribution in [3.05, 3.63) is 36.2 Å². The highest BCUT2D eigenvalue weighted by Crippen LogP contribution is 2.25. The third-order valence-corrected chi connectivity index (χ3v) is 4.52. The smallest absolute Gasteiger partial charge is 0.277 e. The van der Waals surface area contributed by atoms with E-state index in [0.29, 0.717) is 17.7 Å². The van der Waals surface area contributed by atoms with Gasteiger partial charge in [-0.2, -0.15) is 0 Å². The summed E-state index contributed by atoms with van der Waals surface area (Å²) in [5.74, 6) is 0.879. The number of anilines is 1. The van der Waals surface area contributed by atoms with Crippen molar-refractivity contribution in [3.63, 3.8) is 0 Å². The molecule has 6 nitrogen and oxygen atoms in total. The lowest BCUT2D eigenvalue weighted by Gasteiger charge is -2.20. The van der Waals surface area contributed by atoms with Gasteiger partial charge in [0.15, 0.2) is 0 Å². The number of nitrogens with zero attached hydrogens (tertiary/aromatic N) is 4. The predicted octanol–water partition coefficient (Wildman–Crippen LogP) is 3.23. The Morgan fingerprint density at radius 2 is 1.92 bits per heavy atom. The average Bonchev–Trinajstić information content (AvgIpc) is 3.03. The van der Waals surface area contributed by atoms with E-state index < -0.39 is 0 Å². The minimum Gasteiger partial charge on any atom is -0.414 e. The first-order chi connectivity index (χ1) is 11.6. The molecule has 2 aromatic rings. The number of benzene rings is 1. The van der Waals surface area contributed by atoms with Crippen LogP contribution < -0.4 is 4.90 Å². The maximum absolute atomic E-state index is 12.5. The van der Waals surface area contributed by atoms with Gasteiger partial charge in [0.2, 0.25) is 11.8 Å². The summed E-state index contributed by atoms with van der Waals surface area (Å²) >= 11 is 1.28. The largest absolute Gasteiger partial charge is 0.414 e. The molecule has 1 aromatic carbocycles. The Kier molecular flexibility index (Phi) is 6.81. The molecule has 0 spiro atoms. The van der Waals surface area contributed by atoms with Crippen LogP contribution >= 0.6 is 11.8 Å². The molecular weight excluding hydrogens is 324 g/mol. The zero-order valence-corrected chi connectivity index (χ0v) is 15.4. The summed E-state index contributed by atoms with van der Waals surface area (Å²) in [6, 6.07) is 9.74. The van der Waals surface area contributed by atoms with E-state index in [1.165, 1.54) is 11.8 Å². The van der Waals surface area contributed by atoms with Crippen LogP contribution in [0.15, 0.2) is 40.0 Å². The molecule has 0 aliphatic carbocycles. The van der Waals surface area contributed by atoms with Crippen molar-refractivity contribution in [1.82, 2.24) is 15.1 Å². The van der Waals surface area contributed by atoms with Crippen molar-refractivity contribution in [3.8, 4) is 0 Å². The van der Waals surface area contributed by atoms with Crippen molar-refractivity contribution < 1.29 is 9.21 Å². The number of thioether (sulfide) groups is 1. The molecule has 0 saturated heterocycles. The topological polar surface area (TPSA) is 62.5 Å². The number of hydrogen-bond donors (Lipinski definition) is 0. The van der Waals surface area contributed by atoms with Gasteiger partial charge in [-0.25, -0.2) is 0 Å². The van der Waals surface area contributed by atoms with Crippen molar-refractivity contribution in [1.29, 1.82) is 0 Å². The van der Waals surface area contributed by atoms with Crippen LogP contribution in [0.5, 0.6) is 0 Å². The molecule has 0 aliphatic heterocycles. The highest BCUT2D eigenvalue weighted by Gasteiger charge is 2.20. The number of rotatable bonds is 8. The SMILES string of the molecule is CC[C@@H](c1nnc(SCC(=O)N(CC)c2ccccc2)o1)N(C)C. The van der Waals surface area contributed by atoms with Crippen LogP contribution in [0.4, 0.5) is 5.69 Å². The minimum absolute atomic E-state index is 0.0214. The zero-order chi connectivity index (χ0) is 17.5. The van der Waals surface area contributed by atoms with Gasteiger partial charge in [-0.15, -0.1) is 10.2 Å². The van der Waals surface area contributed by atoms with Gasteiger partial charge in [-0.05, 0) is 39.6 Å². The zero-order valence-electron chi connectivity index (χ0n) is 14.6. The van der Waals surface area contributed by atoms with Crippen LogP contribution in [-0.4, -0.2) is 47.4 Å². The first-order valence-electron chi connectivity index (χ1n) is 8.04. The summed E-state index contributed by atoms with van der Waals surface area (Å²) in [5.41, 5.74) is 0.899. The Bertz CT molecular complexity index is 645. The number of para-hydroxylation sites is 1. The fourth-order valence-electron chi connectivity index (χ4n) is 2.49. The first-order valence-corrected chi connectivity index (χ1v) is 9.03. The molecule has 24 heavy (non-hydrogen) atoms. The van der Waals surface area contributed by atoms with Crippen LogP contribution in [0, 0.1) is 0 Å². The van der Waals surface area contributed by atoms with Crippen LogP contribution in [0.3, 0.4) is 0 Å². The molecule has 0 unspecified atom stereocenters. The third-order valence-electron chi connectivity index (χ3n) is 3.72. The van der Waals surface area contributed by atoms with Gasteiger partial charge in [0.1, 0.15) is 0 Å². The number of amides is 1. The standard InChI is InChI=1S/C17H24N4O2S/c1-5-14(20(3)4)16-18-19-17(23-16)24-12-15(22)21(6-2)13-10-8-7-9-11-13/h7-11,14H,5-6,12H2,1-4H3/t14-/m0/s1. The molecular formula is C17H24N4O2S. The van der Waals surface area contributed by atoms with Crippen molar-refractivity contribution in [2.24, 2.45) is 0 Å². The molecule has 1 aromatic heterocycles. The second-order valence-corrected chi connectivity index (χ2v) is 6.48. The van der Waals surface area contributed by atoms with E-state index in [2.05, 4.69) is 17.1 Å². The molecule has 0 saturated carbocycles. The van der Waals surface area contributed by atoms with Crippen LogP contribution in [0.2, 0.25) is 0 Å². The maximum atomic E-state index is 12.5. The Hall–Kier alpha value is -1.86. The fraction of sp³-hybridized carbons (Fsp3) is 0.471. The van der Waals surface area contributed by atoms with E-state index in [1.807, 2.05) is 56.3 Å². The third kappa shape index (κ3) is 4.58. The fourth-order valence-corrected chi connectivity index (χ4v) is 3.13. The number of carbonyl (C=O) groups is 1. The molecule has 0 fully saturated rings. The Labute approximate surface area is 147 Å². The summed E-state index contributed by atoms with van der Waals surface area (Å²) in [4.78, 5) is 16.3. The number of hydrogen-bond acceptors (Lipinski definition) is 6. The summed E-state index contributed by atoms with van der Waals surface area (Å²) in [7, 11) is 3.96. The average molecular weight is 348 g/mol. The Morgan fingerprint density at radius 3 is 2.50 bits per heavy atom. The molecule has 1 atom stereocenters. The maximum Gasteiger partial charge on any atom is 0.277 e. The van der Waals surface area contributed by atoms with Gasteiger partial charge in [0.25, 0.3) is 5.22 Å². The predicted molar refractivity (Wildman–Crippen MR) is 96.2 cm³/mol. The summed E-state index contributed by atoms with van der Waals surface area (Å²) in [5, 5.41) is 8.58. The van der Waals surface area contributed by atoms with Gasteiger partial charge in [-0.1, -0.05) is 36.9 Å². The quantitative estimate of drug-likeness (QED) is 0.683. The van der Waals surface area contributed by atoms with Crippen molar-refractivity contribution >= 4 is 23.4 Å². The number of carbonyl (C=O) groups excluding carboxylic acids is 1. The van der Waals surface area contributed by atoms with E-state index in [-0.39, 0.29) is 17.7 Å². The second kappa shape index (κ2) is 8.84. The first kappa shape index (κ1) is 18.5. The van der Waals surface area contributed by atoms with E-state index in [1.54, 1.807) is 4.90 Å². The van der Waals surface area contributed by atoms with Gasteiger partial charge in [0.05, 0.1) is 11.8 Å². The molecule has 7 heteroatoms. The Morgan fingerprint density at radius 1 is 1.21 bits per heavy atom. The minimum atomic E-state index is 0.0214. The molecule has 1 amide bonds. The molecule has 2 rings (SSSR count). The summed E-state index contributed by atoms with van der Waals surface area (Å²) in [6.07, 6.45) is 0.885. The highest BCUT2D eigenvalue weighted by molar-refractivity contribution is 7.99. The van der Waals surface area contributed by atoms with Gasteiger partial charge < -0.3 is 9.32 Å². The molecule has 0 bridgehead atoms. The number of aromatic nitrogens is 2. The van der Waals surface area contributed by atoms with Crippen LogP contribution in [0.1, 0.15) is 32.2 Å². The van der Waals surface area contributed by atoms with E-state index in [4.69, 9.17) is 4.42 Å². The molecule has 130 valence electrons. The van der Waals surface area contributed by atoms with Crippen LogP contribution in [0.25, 0.3) is 0 Å². The van der Waals surface area contributed by atoms with E-state index in [9.17, 15) is 4.79 Å². The second-order valence-electron chi connectivity index (χ2n) is 5.56. The van der Waals surface area contributed by atoms with Crippen molar-refractivity contribution in [2.45, 2.75) is 31.5 Å². The normalized spacial score (nSPS) is 12.4. The van der Waals surface area contributed by atoms with Gasteiger partial charge in [0, 0.05) is 12.2 Å². The summed E-state index contributed by atoms with van der Waals surface area (Å²) < 4.78 is 5.70. The van der Waals surface area contributed by atoms with Crippen LogP contribution in [-0.2, 0) is 4.79 Å². The highest BCUT2D eigenvalue weighted by atomic mass is 32.2. The Balaban J connectivity index is 1.98. The van der Waals surface area contributed by atoms with E-state index in [0.717, 1.165) is 12.1 Å². The lowest BCUT2D eigenvalue weighted by atomic mass is 10.2. The molecule has 0 N–H and O–H groups in total. The molecule has 1 heterocycles. The summed E-state index contributed by atoms with van der Waals surface area (Å²) in [6.45, 7) is 4.66. The van der Waals surface area contributed by atoms with Crippen molar-refractivity contribution in [2.75, 3.05) is 31.3 Å². The van der Waals surface area contributed by atoms with E-state index >= 15 is 0 Å². The van der Waals surface area contributed by atoms with Gasteiger partial charge >= 0.3 is 0 Å².